The minimum absolute atomic E-state index is 0.0759. The van der Waals surface area contributed by atoms with Crippen molar-refractivity contribution in [3.63, 3.8) is 0 Å². The van der Waals surface area contributed by atoms with Gasteiger partial charge in [0.25, 0.3) is 0 Å². The lowest BCUT2D eigenvalue weighted by Gasteiger charge is -2.20. The predicted octanol–water partition coefficient (Wildman–Crippen LogP) is 4.27. The largest absolute Gasteiger partial charge is 0.497 e. The van der Waals surface area contributed by atoms with Crippen LogP contribution in [0.4, 0.5) is 0 Å². The molecular weight excluding hydrogens is 270 g/mol. The van der Waals surface area contributed by atoms with Crippen LogP contribution in [0, 0.1) is 13.8 Å². The van der Waals surface area contributed by atoms with E-state index in [-0.39, 0.29) is 6.04 Å². The van der Waals surface area contributed by atoms with Crippen molar-refractivity contribution in [1.82, 2.24) is 5.32 Å². The fraction of sp³-hybridized carbons (Fsp3) is 0.294. The smallest absolute Gasteiger partial charge is 0.120 e. The van der Waals surface area contributed by atoms with Crippen LogP contribution in [-0.2, 0) is 0 Å². The molecule has 0 heterocycles. The average Bonchev–Trinajstić information content (AvgIpc) is 2.40. The van der Waals surface area contributed by atoms with Gasteiger partial charge in [-0.2, -0.15) is 0 Å². The Morgan fingerprint density at radius 2 is 1.70 bits per heavy atom. The zero-order valence-corrected chi connectivity index (χ0v) is 13.1. The molecule has 2 aromatic carbocycles. The molecule has 2 nitrogen and oxygen atoms in total. The van der Waals surface area contributed by atoms with E-state index in [2.05, 4.69) is 37.4 Å². The molecule has 0 aliphatic heterocycles. The van der Waals surface area contributed by atoms with Crippen LogP contribution in [0.15, 0.2) is 36.4 Å². The van der Waals surface area contributed by atoms with Crippen molar-refractivity contribution in [3.8, 4) is 5.75 Å². The highest BCUT2D eigenvalue weighted by atomic mass is 35.5. The summed E-state index contributed by atoms with van der Waals surface area (Å²) < 4.78 is 5.20. The highest BCUT2D eigenvalue weighted by Gasteiger charge is 2.16. The van der Waals surface area contributed by atoms with Crippen molar-refractivity contribution < 1.29 is 4.74 Å². The number of ether oxygens (including phenoxy) is 1. The Balaban J connectivity index is 2.46. The Kier molecular flexibility index (Phi) is 4.69. The summed E-state index contributed by atoms with van der Waals surface area (Å²) in [7, 11) is 3.59. The lowest BCUT2D eigenvalue weighted by atomic mass is 9.95. The normalized spacial score (nSPS) is 12.2. The molecule has 0 saturated heterocycles. The van der Waals surface area contributed by atoms with Gasteiger partial charge in [-0.05, 0) is 44.2 Å². The molecule has 0 bridgehead atoms. The van der Waals surface area contributed by atoms with E-state index in [1.807, 2.05) is 25.2 Å². The molecule has 1 N–H and O–H groups in total. The van der Waals surface area contributed by atoms with E-state index < -0.39 is 0 Å². The molecule has 0 spiro atoms. The van der Waals surface area contributed by atoms with Crippen LogP contribution < -0.4 is 10.1 Å². The van der Waals surface area contributed by atoms with Crippen LogP contribution in [0.25, 0.3) is 0 Å². The van der Waals surface area contributed by atoms with Gasteiger partial charge in [0.2, 0.25) is 0 Å². The van der Waals surface area contributed by atoms with E-state index in [9.17, 15) is 0 Å². The molecule has 106 valence electrons. The van der Waals surface area contributed by atoms with E-state index in [4.69, 9.17) is 16.3 Å². The number of nitrogens with one attached hydrogen (secondary N) is 1. The monoisotopic (exact) mass is 289 g/mol. The van der Waals surface area contributed by atoms with Gasteiger partial charge in [0.1, 0.15) is 5.75 Å². The number of methoxy groups -OCH3 is 1. The van der Waals surface area contributed by atoms with E-state index in [0.717, 1.165) is 11.3 Å². The lowest BCUT2D eigenvalue weighted by molar-refractivity contribution is 0.414. The minimum atomic E-state index is 0.0759. The van der Waals surface area contributed by atoms with Crippen LogP contribution in [0.5, 0.6) is 5.75 Å². The molecule has 0 aliphatic carbocycles. The Morgan fingerprint density at radius 1 is 1.05 bits per heavy atom. The fourth-order valence-corrected chi connectivity index (χ4v) is 2.83. The topological polar surface area (TPSA) is 21.3 Å². The second-order valence-corrected chi connectivity index (χ2v) is 5.44. The van der Waals surface area contributed by atoms with Gasteiger partial charge in [-0.25, -0.2) is 0 Å². The Bertz CT molecular complexity index is 590. The quantitative estimate of drug-likeness (QED) is 0.907. The summed E-state index contributed by atoms with van der Waals surface area (Å²) in [6.07, 6.45) is 0. The first-order chi connectivity index (χ1) is 9.55. The molecule has 0 fully saturated rings. The van der Waals surface area contributed by atoms with Crippen molar-refractivity contribution in [2.75, 3.05) is 14.2 Å². The zero-order valence-electron chi connectivity index (χ0n) is 12.3. The van der Waals surface area contributed by atoms with Crippen LogP contribution >= 0.6 is 11.6 Å². The first-order valence-electron chi connectivity index (χ1n) is 6.64. The zero-order chi connectivity index (χ0) is 14.7. The SMILES string of the molecule is CNC(c1cc(C)cc(C)c1)c1ccc(OC)cc1Cl. The van der Waals surface area contributed by atoms with Gasteiger partial charge in [-0.15, -0.1) is 0 Å². The highest BCUT2D eigenvalue weighted by molar-refractivity contribution is 6.31. The molecule has 0 aromatic heterocycles. The number of aryl methyl sites for hydroxylation is 2. The minimum Gasteiger partial charge on any atom is -0.497 e. The van der Waals surface area contributed by atoms with Crippen molar-refractivity contribution >= 4 is 11.6 Å². The molecular formula is C17H20ClNO. The molecule has 2 rings (SSSR count). The second-order valence-electron chi connectivity index (χ2n) is 5.03. The maximum absolute atomic E-state index is 6.39. The predicted molar refractivity (Wildman–Crippen MR) is 84.8 cm³/mol. The average molecular weight is 290 g/mol. The summed E-state index contributed by atoms with van der Waals surface area (Å²) in [5.41, 5.74) is 4.78. The maximum Gasteiger partial charge on any atom is 0.120 e. The number of hydrogen-bond donors (Lipinski definition) is 1. The molecule has 2 aromatic rings. The van der Waals surface area contributed by atoms with Crippen LogP contribution in [-0.4, -0.2) is 14.2 Å². The number of benzene rings is 2. The number of halogens is 1. The van der Waals surface area contributed by atoms with Gasteiger partial charge in [0, 0.05) is 5.02 Å². The van der Waals surface area contributed by atoms with Gasteiger partial charge in [0.05, 0.1) is 13.2 Å². The van der Waals surface area contributed by atoms with E-state index in [0.29, 0.717) is 5.02 Å². The molecule has 1 atom stereocenters. The third-order valence-electron chi connectivity index (χ3n) is 3.38. The van der Waals surface area contributed by atoms with Gasteiger partial charge >= 0.3 is 0 Å². The number of hydrogen-bond acceptors (Lipinski definition) is 2. The Labute approximate surface area is 125 Å². The van der Waals surface area contributed by atoms with Gasteiger partial charge in [-0.3, -0.25) is 0 Å². The summed E-state index contributed by atoms with van der Waals surface area (Å²) in [6, 6.07) is 12.4. The Morgan fingerprint density at radius 3 is 2.20 bits per heavy atom. The summed E-state index contributed by atoms with van der Waals surface area (Å²) in [4.78, 5) is 0. The third kappa shape index (κ3) is 3.14. The first kappa shape index (κ1) is 14.9. The van der Waals surface area contributed by atoms with Crippen molar-refractivity contribution in [1.29, 1.82) is 0 Å². The summed E-state index contributed by atoms with van der Waals surface area (Å²) >= 11 is 6.39. The van der Waals surface area contributed by atoms with E-state index in [1.165, 1.54) is 16.7 Å². The second kappa shape index (κ2) is 6.29. The van der Waals surface area contributed by atoms with Crippen LogP contribution in [0.1, 0.15) is 28.3 Å². The standard InChI is InChI=1S/C17H20ClNO/c1-11-7-12(2)9-13(8-11)17(19-3)15-6-5-14(20-4)10-16(15)18/h5-10,17,19H,1-4H3. The van der Waals surface area contributed by atoms with E-state index >= 15 is 0 Å². The van der Waals surface area contributed by atoms with Gasteiger partial charge < -0.3 is 10.1 Å². The molecule has 0 aliphatic rings. The summed E-state index contributed by atoms with van der Waals surface area (Å²) in [5.74, 6) is 0.772. The fourth-order valence-electron chi connectivity index (χ4n) is 2.55. The summed E-state index contributed by atoms with van der Waals surface area (Å²) in [6.45, 7) is 4.22. The molecule has 1 unspecified atom stereocenters. The highest BCUT2D eigenvalue weighted by Crippen LogP contribution is 2.31. The van der Waals surface area contributed by atoms with Gasteiger partial charge in [0.15, 0.2) is 0 Å². The Hall–Kier alpha value is -1.51. The van der Waals surface area contributed by atoms with Crippen molar-refractivity contribution in [2.45, 2.75) is 19.9 Å². The molecule has 3 heteroatoms. The van der Waals surface area contributed by atoms with E-state index in [1.54, 1.807) is 7.11 Å². The summed E-state index contributed by atoms with van der Waals surface area (Å²) in [5, 5.41) is 4.05. The molecule has 0 radical (unpaired) electrons. The molecule has 20 heavy (non-hydrogen) atoms. The first-order valence-corrected chi connectivity index (χ1v) is 7.02. The lowest BCUT2D eigenvalue weighted by Crippen LogP contribution is -2.18. The van der Waals surface area contributed by atoms with Crippen molar-refractivity contribution in [2.24, 2.45) is 0 Å². The van der Waals surface area contributed by atoms with Crippen molar-refractivity contribution in [3.05, 3.63) is 63.7 Å². The third-order valence-corrected chi connectivity index (χ3v) is 3.71. The molecule has 0 saturated carbocycles. The van der Waals surface area contributed by atoms with Crippen LogP contribution in [0.2, 0.25) is 5.02 Å². The molecule has 0 amide bonds. The maximum atomic E-state index is 6.39. The van der Waals surface area contributed by atoms with Crippen LogP contribution in [0.3, 0.4) is 0 Å². The van der Waals surface area contributed by atoms with Gasteiger partial charge in [-0.1, -0.05) is 47.0 Å². The number of rotatable bonds is 4.